The summed E-state index contributed by atoms with van der Waals surface area (Å²) in [6.45, 7) is 0.617. The summed E-state index contributed by atoms with van der Waals surface area (Å²) in [7, 11) is 0. The molecule has 2 aromatic rings. The average molecular weight is 273 g/mol. The van der Waals surface area contributed by atoms with Crippen molar-refractivity contribution in [1.82, 2.24) is 9.97 Å². The van der Waals surface area contributed by atoms with Crippen LogP contribution >= 0.6 is 0 Å². The molecule has 1 saturated carbocycles. The number of nitrogens with two attached hydrogens (primary N) is 1. The Morgan fingerprint density at radius 1 is 1.00 bits per heavy atom. The molecule has 4 N–H and O–H groups in total. The minimum atomic E-state index is -0.614. The van der Waals surface area contributed by atoms with Crippen LogP contribution in [0.4, 0.5) is 0 Å². The molecule has 0 saturated heterocycles. The van der Waals surface area contributed by atoms with E-state index >= 15 is 0 Å². The van der Waals surface area contributed by atoms with E-state index in [4.69, 9.17) is 5.73 Å². The average Bonchev–Trinajstić information content (AvgIpc) is 2.48. The molecule has 0 aliphatic heterocycles. The van der Waals surface area contributed by atoms with Crippen LogP contribution < -0.4 is 16.9 Å². The molecule has 0 atom stereocenters. The van der Waals surface area contributed by atoms with Crippen molar-refractivity contribution in [2.75, 3.05) is 6.54 Å². The van der Waals surface area contributed by atoms with Crippen molar-refractivity contribution >= 4 is 11.0 Å². The Balaban J connectivity index is 2.14. The molecule has 106 valence electrons. The third-order valence-electron chi connectivity index (χ3n) is 4.54. The summed E-state index contributed by atoms with van der Waals surface area (Å²) in [5.74, 6) is 0. The summed E-state index contributed by atoms with van der Waals surface area (Å²) >= 11 is 0. The summed E-state index contributed by atoms with van der Waals surface area (Å²) < 4.78 is 0. The van der Waals surface area contributed by atoms with Crippen LogP contribution in [0.3, 0.4) is 0 Å². The Labute approximate surface area is 116 Å². The first-order valence-electron chi connectivity index (χ1n) is 7.12. The predicted molar refractivity (Wildman–Crippen MR) is 79.0 cm³/mol. The summed E-state index contributed by atoms with van der Waals surface area (Å²) in [5, 5.41) is 0. The van der Waals surface area contributed by atoms with Gasteiger partial charge in [-0.1, -0.05) is 25.3 Å². The van der Waals surface area contributed by atoms with Crippen LogP contribution in [0.25, 0.3) is 11.0 Å². The largest absolute Gasteiger partial charge is 0.330 e. The fourth-order valence-corrected chi connectivity index (χ4v) is 3.28. The Kier molecular flexibility index (Phi) is 3.22. The van der Waals surface area contributed by atoms with Crippen molar-refractivity contribution in [2.45, 2.75) is 37.5 Å². The summed E-state index contributed by atoms with van der Waals surface area (Å²) in [6, 6.07) is 5.84. The Morgan fingerprint density at radius 3 is 2.30 bits per heavy atom. The fraction of sp³-hybridized carbons (Fsp3) is 0.467. The lowest BCUT2D eigenvalue weighted by Crippen LogP contribution is -2.37. The molecular weight excluding hydrogens is 254 g/mol. The van der Waals surface area contributed by atoms with E-state index in [1.54, 1.807) is 0 Å². The number of nitrogens with one attached hydrogen (secondary N) is 2. The van der Waals surface area contributed by atoms with Crippen molar-refractivity contribution < 1.29 is 0 Å². The zero-order valence-electron chi connectivity index (χ0n) is 11.4. The molecule has 1 aliphatic rings. The van der Waals surface area contributed by atoms with E-state index in [2.05, 4.69) is 9.97 Å². The molecule has 0 radical (unpaired) electrons. The zero-order valence-corrected chi connectivity index (χ0v) is 11.4. The highest BCUT2D eigenvalue weighted by Crippen LogP contribution is 2.39. The number of H-pyrrole nitrogens is 2. The minimum absolute atomic E-state index is 0.0134. The van der Waals surface area contributed by atoms with Gasteiger partial charge in [-0.05, 0) is 30.5 Å². The van der Waals surface area contributed by atoms with Gasteiger partial charge in [-0.25, -0.2) is 0 Å². The van der Waals surface area contributed by atoms with Crippen LogP contribution in [-0.2, 0) is 5.41 Å². The van der Waals surface area contributed by atoms with E-state index < -0.39 is 11.1 Å². The number of hydrogen-bond acceptors (Lipinski definition) is 3. The van der Waals surface area contributed by atoms with Crippen LogP contribution in [0, 0.1) is 0 Å². The molecule has 20 heavy (non-hydrogen) atoms. The quantitative estimate of drug-likeness (QED) is 0.722. The molecule has 1 aromatic carbocycles. The van der Waals surface area contributed by atoms with Crippen molar-refractivity contribution in [3.63, 3.8) is 0 Å². The lowest BCUT2D eigenvalue weighted by Gasteiger charge is -2.37. The first kappa shape index (κ1) is 13.1. The molecule has 1 heterocycles. The SMILES string of the molecule is NCC1(c2ccc3[nH]c(=O)c(=O)[nH]c3c2)CCCCC1. The second-order valence-corrected chi connectivity index (χ2v) is 5.71. The monoisotopic (exact) mass is 273 g/mol. The second-order valence-electron chi connectivity index (χ2n) is 5.71. The van der Waals surface area contributed by atoms with E-state index in [9.17, 15) is 9.59 Å². The number of hydrogen-bond donors (Lipinski definition) is 3. The minimum Gasteiger partial charge on any atom is -0.330 e. The lowest BCUT2D eigenvalue weighted by atomic mass is 9.69. The molecule has 0 amide bonds. The van der Waals surface area contributed by atoms with E-state index in [1.807, 2.05) is 18.2 Å². The van der Waals surface area contributed by atoms with E-state index in [0.29, 0.717) is 17.6 Å². The normalized spacial score (nSPS) is 18.2. The van der Waals surface area contributed by atoms with Crippen molar-refractivity contribution in [3.8, 4) is 0 Å². The van der Waals surface area contributed by atoms with Gasteiger partial charge < -0.3 is 15.7 Å². The lowest BCUT2D eigenvalue weighted by molar-refractivity contribution is 0.301. The van der Waals surface area contributed by atoms with Gasteiger partial charge in [0.15, 0.2) is 0 Å². The van der Waals surface area contributed by atoms with Gasteiger partial charge in [0.25, 0.3) is 0 Å². The maximum absolute atomic E-state index is 11.4. The third kappa shape index (κ3) is 2.08. The Morgan fingerprint density at radius 2 is 1.65 bits per heavy atom. The molecule has 3 rings (SSSR count). The fourth-order valence-electron chi connectivity index (χ4n) is 3.28. The second kappa shape index (κ2) is 4.90. The summed E-state index contributed by atoms with van der Waals surface area (Å²) in [6.07, 6.45) is 5.82. The van der Waals surface area contributed by atoms with Crippen molar-refractivity contribution in [3.05, 3.63) is 44.5 Å². The van der Waals surface area contributed by atoms with Crippen molar-refractivity contribution in [1.29, 1.82) is 0 Å². The van der Waals surface area contributed by atoms with Gasteiger partial charge in [-0.3, -0.25) is 9.59 Å². The van der Waals surface area contributed by atoms with Gasteiger partial charge >= 0.3 is 11.1 Å². The van der Waals surface area contributed by atoms with Crippen LogP contribution in [0.2, 0.25) is 0 Å². The molecule has 1 aliphatic carbocycles. The highest BCUT2D eigenvalue weighted by molar-refractivity contribution is 5.74. The van der Waals surface area contributed by atoms with E-state index in [-0.39, 0.29) is 5.41 Å². The maximum Gasteiger partial charge on any atom is 0.314 e. The van der Waals surface area contributed by atoms with E-state index in [0.717, 1.165) is 18.4 Å². The topological polar surface area (TPSA) is 91.7 Å². The first-order valence-corrected chi connectivity index (χ1v) is 7.12. The highest BCUT2D eigenvalue weighted by Gasteiger charge is 2.32. The summed E-state index contributed by atoms with van der Waals surface area (Å²) in [5.41, 5.74) is 7.31. The van der Waals surface area contributed by atoms with Gasteiger partial charge in [-0.2, -0.15) is 0 Å². The number of rotatable bonds is 2. The number of benzene rings is 1. The molecule has 0 unspecified atom stereocenters. The molecule has 0 spiro atoms. The molecular formula is C15H19N3O2. The number of aromatic nitrogens is 2. The van der Waals surface area contributed by atoms with E-state index in [1.165, 1.54) is 19.3 Å². The smallest absolute Gasteiger partial charge is 0.314 e. The predicted octanol–water partition coefficient (Wildman–Crippen LogP) is 1.38. The van der Waals surface area contributed by atoms with Gasteiger partial charge in [0, 0.05) is 12.0 Å². The molecule has 0 bridgehead atoms. The molecule has 5 nitrogen and oxygen atoms in total. The van der Waals surface area contributed by atoms with Crippen LogP contribution in [0.15, 0.2) is 27.8 Å². The van der Waals surface area contributed by atoms with Gasteiger partial charge in [0.2, 0.25) is 0 Å². The standard InChI is InChI=1S/C15H19N3O2/c16-9-15(6-2-1-3-7-15)10-4-5-11-12(8-10)18-14(20)13(19)17-11/h4-5,8H,1-3,6-7,9,16H2,(H,17,19)(H,18,20). The van der Waals surface area contributed by atoms with Crippen LogP contribution in [0.1, 0.15) is 37.7 Å². The molecule has 5 heteroatoms. The zero-order chi connectivity index (χ0) is 14.2. The summed E-state index contributed by atoms with van der Waals surface area (Å²) in [4.78, 5) is 28.0. The third-order valence-corrected chi connectivity index (χ3v) is 4.54. The highest BCUT2D eigenvalue weighted by atomic mass is 16.2. The number of aromatic amines is 2. The molecule has 1 fully saturated rings. The van der Waals surface area contributed by atoms with Gasteiger partial charge in [0.1, 0.15) is 0 Å². The number of fused-ring (bicyclic) bond motifs is 1. The first-order chi connectivity index (χ1) is 9.64. The van der Waals surface area contributed by atoms with Crippen LogP contribution in [0.5, 0.6) is 0 Å². The van der Waals surface area contributed by atoms with Gasteiger partial charge in [0.05, 0.1) is 11.0 Å². The van der Waals surface area contributed by atoms with Gasteiger partial charge in [-0.15, -0.1) is 0 Å². The Hall–Kier alpha value is -1.88. The maximum atomic E-state index is 11.4. The van der Waals surface area contributed by atoms with Crippen molar-refractivity contribution in [2.24, 2.45) is 5.73 Å². The molecule has 1 aromatic heterocycles. The Bertz CT molecular complexity index is 739. The van der Waals surface area contributed by atoms with Crippen LogP contribution in [-0.4, -0.2) is 16.5 Å².